The third-order valence-corrected chi connectivity index (χ3v) is 7.42. The molecule has 1 aliphatic heterocycles. The van der Waals surface area contributed by atoms with E-state index in [9.17, 15) is 4.79 Å². The van der Waals surface area contributed by atoms with E-state index < -0.39 is 0 Å². The van der Waals surface area contributed by atoms with E-state index in [2.05, 4.69) is 26.1 Å². The molecule has 2 aliphatic rings. The van der Waals surface area contributed by atoms with E-state index in [4.69, 9.17) is 15.5 Å². The number of fused-ring (bicyclic) bond motifs is 3. The fourth-order valence-corrected chi connectivity index (χ4v) is 5.60. The number of nitrogen functional groups attached to an aromatic ring is 1. The maximum absolute atomic E-state index is 13.0. The molecule has 1 saturated heterocycles. The Morgan fingerprint density at radius 3 is 2.57 bits per heavy atom. The lowest BCUT2D eigenvalue weighted by Gasteiger charge is -2.31. The van der Waals surface area contributed by atoms with E-state index in [0.29, 0.717) is 10.6 Å². The quantitative estimate of drug-likeness (QED) is 0.564. The van der Waals surface area contributed by atoms with Crippen molar-refractivity contribution in [2.75, 3.05) is 42.3 Å². The minimum atomic E-state index is -0.185. The lowest BCUT2D eigenvalue weighted by molar-refractivity contribution is 0.103. The average Bonchev–Trinajstić information content (AvgIpc) is 3.12. The Morgan fingerprint density at radius 2 is 1.83 bits per heavy atom. The van der Waals surface area contributed by atoms with Gasteiger partial charge in [-0.15, -0.1) is 11.3 Å². The third kappa shape index (κ3) is 3.57. The molecular formula is C22H23BrN4O2S. The van der Waals surface area contributed by atoms with E-state index in [1.807, 2.05) is 24.3 Å². The number of nitrogens with zero attached hydrogens (tertiary/aromatic N) is 2. The normalized spacial score (nSPS) is 16.5. The predicted octanol–water partition coefficient (Wildman–Crippen LogP) is 4.61. The summed E-state index contributed by atoms with van der Waals surface area (Å²) in [6.07, 6.45) is 4.31. The second-order valence-corrected chi connectivity index (χ2v) is 9.60. The van der Waals surface area contributed by atoms with Gasteiger partial charge in [0, 0.05) is 28.6 Å². The first-order valence-corrected chi connectivity index (χ1v) is 11.9. The zero-order valence-electron chi connectivity index (χ0n) is 16.5. The summed E-state index contributed by atoms with van der Waals surface area (Å²) in [5, 5.41) is 3.94. The van der Waals surface area contributed by atoms with Gasteiger partial charge in [-0.3, -0.25) is 4.79 Å². The number of amides is 1. The first-order valence-electron chi connectivity index (χ1n) is 10.2. The Morgan fingerprint density at radius 1 is 1.13 bits per heavy atom. The minimum Gasteiger partial charge on any atom is -0.397 e. The van der Waals surface area contributed by atoms with Crippen LogP contribution in [0.25, 0.3) is 10.2 Å². The number of hydrogen-bond donors (Lipinski definition) is 2. The Kier molecular flexibility index (Phi) is 5.39. The maximum atomic E-state index is 13.0. The Labute approximate surface area is 187 Å². The topological polar surface area (TPSA) is 80.5 Å². The van der Waals surface area contributed by atoms with E-state index in [0.717, 1.165) is 71.8 Å². The van der Waals surface area contributed by atoms with Gasteiger partial charge in [0.15, 0.2) is 0 Å². The van der Waals surface area contributed by atoms with Gasteiger partial charge in [0.05, 0.1) is 18.9 Å². The number of pyridine rings is 1. The van der Waals surface area contributed by atoms with Gasteiger partial charge in [0.1, 0.15) is 15.5 Å². The summed E-state index contributed by atoms with van der Waals surface area (Å²) < 4.78 is 6.49. The third-order valence-electron chi connectivity index (χ3n) is 5.79. The van der Waals surface area contributed by atoms with Crippen LogP contribution in [0.2, 0.25) is 0 Å². The molecule has 3 aromatic rings. The molecule has 0 atom stereocenters. The van der Waals surface area contributed by atoms with Crippen LogP contribution in [0, 0.1) is 0 Å². The standard InChI is InChI=1S/C22H23BrN4O2S/c23-13-5-7-14(8-6-13)25-21(28)19-18(24)17-15-3-1-2-4-16(15)20(26-22(17)30-19)27-9-11-29-12-10-27/h5-8H,1-4,9-12,24H2,(H,25,28). The number of carbonyl (C=O) groups excluding carboxylic acids is 1. The van der Waals surface area contributed by atoms with Crippen molar-refractivity contribution >= 4 is 60.6 Å². The van der Waals surface area contributed by atoms with Crippen LogP contribution in [-0.4, -0.2) is 37.2 Å². The molecule has 8 heteroatoms. The summed E-state index contributed by atoms with van der Waals surface area (Å²) in [4.78, 5) is 21.7. The van der Waals surface area contributed by atoms with E-state index in [-0.39, 0.29) is 5.91 Å². The SMILES string of the molecule is Nc1c(C(=O)Nc2ccc(Br)cc2)sc2nc(N3CCOCC3)c3c(c12)CCCC3. The number of rotatable bonds is 3. The van der Waals surface area contributed by atoms with Crippen molar-refractivity contribution in [1.82, 2.24) is 4.98 Å². The van der Waals surface area contributed by atoms with Gasteiger partial charge in [0.25, 0.3) is 5.91 Å². The van der Waals surface area contributed by atoms with Crippen molar-refractivity contribution in [1.29, 1.82) is 0 Å². The second kappa shape index (κ2) is 8.17. The first-order chi connectivity index (χ1) is 14.6. The number of benzene rings is 1. The van der Waals surface area contributed by atoms with Gasteiger partial charge in [-0.05, 0) is 61.1 Å². The van der Waals surface area contributed by atoms with Crippen LogP contribution in [0.5, 0.6) is 0 Å². The van der Waals surface area contributed by atoms with E-state index >= 15 is 0 Å². The highest BCUT2D eigenvalue weighted by Crippen LogP contribution is 2.42. The van der Waals surface area contributed by atoms with Gasteiger partial charge in [-0.1, -0.05) is 15.9 Å². The first kappa shape index (κ1) is 19.8. The molecule has 2 aromatic heterocycles. The highest BCUT2D eigenvalue weighted by Gasteiger charge is 2.27. The fourth-order valence-electron chi connectivity index (χ4n) is 4.32. The van der Waals surface area contributed by atoms with Crippen molar-refractivity contribution in [3.05, 3.63) is 44.7 Å². The number of ether oxygens (including phenoxy) is 1. The van der Waals surface area contributed by atoms with Crippen LogP contribution in [0.15, 0.2) is 28.7 Å². The highest BCUT2D eigenvalue weighted by atomic mass is 79.9. The number of nitrogens with two attached hydrogens (primary N) is 1. The van der Waals surface area contributed by atoms with Crippen molar-refractivity contribution in [3.63, 3.8) is 0 Å². The zero-order valence-corrected chi connectivity index (χ0v) is 18.9. The van der Waals surface area contributed by atoms with Crippen molar-refractivity contribution in [2.24, 2.45) is 0 Å². The molecule has 1 amide bonds. The predicted molar refractivity (Wildman–Crippen MR) is 126 cm³/mol. The van der Waals surface area contributed by atoms with Crippen LogP contribution in [0.3, 0.4) is 0 Å². The molecule has 1 aliphatic carbocycles. The van der Waals surface area contributed by atoms with Crippen LogP contribution in [0.4, 0.5) is 17.2 Å². The highest BCUT2D eigenvalue weighted by molar-refractivity contribution is 9.10. The lowest BCUT2D eigenvalue weighted by atomic mass is 9.89. The maximum Gasteiger partial charge on any atom is 0.267 e. The molecule has 0 bridgehead atoms. The summed E-state index contributed by atoms with van der Waals surface area (Å²) in [5.41, 5.74) is 10.4. The Bertz CT molecular complexity index is 1110. The molecule has 3 N–H and O–H groups in total. The molecule has 3 heterocycles. The van der Waals surface area contributed by atoms with Gasteiger partial charge in [-0.2, -0.15) is 0 Å². The van der Waals surface area contributed by atoms with E-state index in [1.54, 1.807) is 0 Å². The van der Waals surface area contributed by atoms with Crippen LogP contribution in [-0.2, 0) is 17.6 Å². The summed E-state index contributed by atoms with van der Waals surface area (Å²) >= 11 is 4.81. The summed E-state index contributed by atoms with van der Waals surface area (Å²) in [6, 6.07) is 7.52. The molecule has 5 rings (SSSR count). The van der Waals surface area contributed by atoms with Crippen LogP contribution < -0.4 is 16.0 Å². The Hall–Kier alpha value is -2.16. The molecule has 30 heavy (non-hydrogen) atoms. The molecular weight excluding hydrogens is 464 g/mol. The van der Waals surface area contributed by atoms with Crippen LogP contribution >= 0.6 is 27.3 Å². The Balaban J connectivity index is 1.57. The number of aryl methyl sites for hydroxylation is 1. The molecule has 0 spiro atoms. The minimum absolute atomic E-state index is 0.185. The van der Waals surface area contributed by atoms with Gasteiger partial charge in [0.2, 0.25) is 0 Å². The monoisotopic (exact) mass is 486 g/mol. The van der Waals surface area contributed by atoms with Gasteiger partial charge < -0.3 is 20.7 Å². The molecule has 1 aromatic carbocycles. The van der Waals surface area contributed by atoms with Crippen LogP contribution in [0.1, 0.15) is 33.6 Å². The number of carbonyl (C=O) groups is 1. The van der Waals surface area contributed by atoms with Gasteiger partial charge >= 0.3 is 0 Å². The smallest absolute Gasteiger partial charge is 0.267 e. The number of anilines is 3. The zero-order chi connectivity index (χ0) is 20.7. The molecule has 6 nitrogen and oxygen atoms in total. The van der Waals surface area contributed by atoms with E-state index in [1.165, 1.54) is 28.9 Å². The lowest BCUT2D eigenvalue weighted by Crippen LogP contribution is -2.37. The van der Waals surface area contributed by atoms with Crippen molar-refractivity contribution in [3.8, 4) is 0 Å². The molecule has 0 saturated carbocycles. The molecule has 0 unspecified atom stereocenters. The largest absolute Gasteiger partial charge is 0.397 e. The van der Waals surface area contributed by atoms with Gasteiger partial charge in [-0.25, -0.2) is 4.98 Å². The second-order valence-electron chi connectivity index (χ2n) is 7.69. The fraction of sp³-hybridized carbons (Fsp3) is 0.364. The summed E-state index contributed by atoms with van der Waals surface area (Å²) in [5.74, 6) is 0.872. The number of nitrogens with one attached hydrogen (secondary N) is 1. The molecule has 1 fully saturated rings. The number of thiophene rings is 1. The summed E-state index contributed by atoms with van der Waals surface area (Å²) in [7, 11) is 0. The van der Waals surface area contributed by atoms with Crippen molar-refractivity contribution in [2.45, 2.75) is 25.7 Å². The number of halogens is 1. The summed E-state index contributed by atoms with van der Waals surface area (Å²) in [6.45, 7) is 3.15. The number of morpholine rings is 1. The average molecular weight is 487 g/mol. The molecule has 0 radical (unpaired) electrons. The molecule has 156 valence electrons. The number of hydrogen-bond acceptors (Lipinski definition) is 6. The van der Waals surface area contributed by atoms with Crippen molar-refractivity contribution < 1.29 is 9.53 Å². The number of aromatic nitrogens is 1.